The lowest BCUT2D eigenvalue weighted by atomic mass is 10.0. The van der Waals surface area contributed by atoms with Crippen LogP contribution in [0.3, 0.4) is 0 Å². The molecule has 3 N–H and O–H groups in total. The van der Waals surface area contributed by atoms with E-state index in [9.17, 15) is 0 Å². The van der Waals surface area contributed by atoms with Crippen LogP contribution in [0.15, 0.2) is 0 Å². The van der Waals surface area contributed by atoms with E-state index in [-0.39, 0.29) is 18.3 Å². The average Bonchev–Trinajstić information content (AvgIpc) is 2.14. The summed E-state index contributed by atoms with van der Waals surface area (Å²) in [5.41, 5.74) is 5.45. The van der Waals surface area contributed by atoms with E-state index in [1.807, 2.05) is 13.8 Å². The summed E-state index contributed by atoms with van der Waals surface area (Å²) in [6.07, 6.45) is -0.0762. The highest BCUT2D eigenvalue weighted by atomic mass is 16.5. The van der Waals surface area contributed by atoms with Gasteiger partial charge in [-0.1, -0.05) is 0 Å². The molecule has 1 aliphatic rings. The Morgan fingerprint density at radius 3 is 2.79 bits per heavy atom. The number of nitrogens with zero attached hydrogens (tertiary/aromatic N) is 1. The number of morpholine rings is 1. The first-order chi connectivity index (χ1) is 6.48. The van der Waals surface area contributed by atoms with Crippen molar-refractivity contribution in [1.82, 2.24) is 4.90 Å². The number of rotatable bonds is 3. The van der Waals surface area contributed by atoms with Crippen molar-refractivity contribution in [2.75, 3.05) is 26.2 Å². The zero-order valence-corrected chi connectivity index (χ0v) is 9.36. The molecule has 0 radical (unpaired) electrons. The molecule has 1 rings (SSSR count). The summed E-state index contributed by atoms with van der Waals surface area (Å²) < 4.78 is 5.72. The van der Waals surface area contributed by atoms with Crippen molar-refractivity contribution in [2.45, 2.75) is 38.5 Å². The molecule has 0 aliphatic carbocycles. The number of aliphatic hydroxyl groups is 1. The normalized spacial score (nSPS) is 30.2. The molecular weight excluding hydrogens is 180 g/mol. The van der Waals surface area contributed by atoms with E-state index in [1.165, 1.54) is 0 Å². The lowest BCUT2D eigenvalue weighted by Gasteiger charge is -2.44. The smallest absolute Gasteiger partial charge is 0.0940 e. The largest absolute Gasteiger partial charge is 0.394 e. The van der Waals surface area contributed by atoms with Crippen molar-refractivity contribution in [3.8, 4) is 0 Å². The van der Waals surface area contributed by atoms with E-state index < -0.39 is 0 Å². The molecule has 4 nitrogen and oxygen atoms in total. The van der Waals surface area contributed by atoms with E-state index in [4.69, 9.17) is 15.6 Å². The zero-order chi connectivity index (χ0) is 10.8. The third-order valence-corrected chi connectivity index (χ3v) is 2.68. The maximum Gasteiger partial charge on any atom is 0.0940 e. The second kappa shape index (κ2) is 4.57. The van der Waals surface area contributed by atoms with Crippen LogP contribution in [-0.4, -0.2) is 54.0 Å². The predicted octanol–water partition coefficient (Wildman–Crippen LogP) is -0.195. The van der Waals surface area contributed by atoms with Crippen LogP contribution in [0.1, 0.15) is 20.8 Å². The van der Waals surface area contributed by atoms with Crippen molar-refractivity contribution in [3.63, 3.8) is 0 Å². The molecule has 0 aromatic rings. The SMILES string of the molecule is CC(CN)N1CC(CO)OC(C)(C)C1. The van der Waals surface area contributed by atoms with Gasteiger partial charge in [0, 0.05) is 25.7 Å². The summed E-state index contributed by atoms with van der Waals surface area (Å²) in [7, 11) is 0. The lowest BCUT2D eigenvalue weighted by Crippen LogP contribution is -2.57. The molecule has 1 saturated heterocycles. The molecule has 1 aliphatic heterocycles. The Hall–Kier alpha value is -0.160. The Labute approximate surface area is 86.0 Å². The molecule has 4 heteroatoms. The lowest BCUT2D eigenvalue weighted by molar-refractivity contribution is -0.155. The summed E-state index contributed by atoms with van der Waals surface area (Å²) in [4.78, 5) is 2.28. The number of ether oxygens (including phenoxy) is 1. The summed E-state index contributed by atoms with van der Waals surface area (Å²) >= 11 is 0. The van der Waals surface area contributed by atoms with Gasteiger partial charge in [0.1, 0.15) is 0 Å². The summed E-state index contributed by atoms with van der Waals surface area (Å²) in [6, 6.07) is 0.354. The highest BCUT2D eigenvalue weighted by Crippen LogP contribution is 2.22. The van der Waals surface area contributed by atoms with Gasteiger partial charge in [0.15, 0.2) is 0 Å². The van der Waals surface area contributed by atoms with Gasteiger partial charge in [0.2, 0.25) is 0 Å². The van der Waals surface area contributed by atoms with Gasteiger partial charge in [-0.15, -0.1) is 0 Å². The number of hydrogen-bond donors (Lipinski definition) is 2. The molecule has 0 aromatic carbocycles. The molecule has 2 unspecified atom stereocenters. The third-order valence-electron chi connectivity index (χ3n) is 2.68. The molecule has 84 valence electrons. The van der Waals surface area contributed by atoms with Gasteiger partial charge in [0.05, 0.1) is 18.3 Å². The van der Waals surface area contributed by atoms with Crippen LogP contribution in [0.4, 0.5) is 0 Å². The fourth-order valence-corrected chi connectivity index (χ4v) is 1.92. The summed E-state index contributed by atoms with van der Waals surface area (Å²) in [6.45, 7) is 8.58. The Bertz CT molecular complexity index is 185. The van der Waals surface area contributed by atoms with Crippen LogP contribution in [0.2, 0.25) is 0 Å². The number of hydrogen-bond acceptors (Lipinski definition) is 4. The van der Waals surface area contributed by atoms with Gasteiger partial charge in [0.25, 0.3) is 0 Å². The van der Waals surface area contributed by atoms with Crippen molar-refractivity contribution < 1.29 is 9.84 Å². The van der Waals surface area contributed by atoms with Gasteiger partial charge in [-0.2, -0.15) is 0 Å². The highest BCUT2D eigenvalue weighted by Gasteiger charge is 2.34. The van der Waals surface area contributed by atoms with Crippen LogP contribution in [0.5, 0.6) is 0 Å². The minimum Gasteiger partial charge on any atom is -0.394 e. The van der Waals surface area contributed by atoms with Crippen molar-refractivity contribution in [3.05, 3.63) is 0 Å². The Morgan fingerprint density at radius 1 is 1.64 bits per heavy atom. The second-order valence-corrected chi connectivity index (χ2v) is 4.70. The number of nitrogens with two attached hydrogens (primary N) is 1. The highest BCUT2D eigenvalue weighted by molar-refractivity contribution is 4.86. The topological polar surface area (TPSA) is 58.7 Å². The summed E-state index contributed by atoms with van der Waals surface area (Å²) in [5, 5.41) is 9.11. The van der Waals surface area contributed by atoms with E-state index in [0.717, 1.165) is 13.1 Å². The van der Waals surface area contributed by atoms with Crippen LogP contribution in [0, 0.1) is 0 Å². The summed E-state index contributed by atoms with van der Waals surface area (Å²) in [5.74, 6) is 0. The predicted molar refractivity (Wildman–Crippen MR) is 56.1 cm³/mol. The average molecular weight is 202 g/mol. The molecule has 1 fully saturated rings. The molecule has 0 spiro atoms. The van der Waals surface area contributed by atoms with Gasteiger partial charge in [-0.3, -0.25) is 4.90 Å². The Balaban J connectivity index is 2.60. The van der Waals surface area contributed by atoms with Crippen LogP contribution < -0.4 is 5.73 Å². The molecular formula is C10H22N2O2. The fraction of sp³-hybridized carbons (Fsp3) is 1.00. The van der Waals surface area contributed by atoms with Crippen molar-refractivity contribution in [2.24, 2.45) is 5.73 Å². The Morgan fingerprint density at radius 2 is 2.29 bits per heavy atom. The standard InChI is InChI=1S/C10H22N2O2/c1-8(4-11)12-5-9(6-13)14-10(2,3)7-12/h8-9,13H,4-7,11H2,1-3H3. The Kier molecular flexibility index (Phi) is 3.89. The van der Waals surface area contributed by atoms with Gasteiger partial charge < -0.3 is 15.6 Å². The van der Waals surface area contributed by atoms with E-state index in [0.29, 0.717) is 12.6 Å². The molecule has 14 heavy (non-hydrogen) atoms. The third kappa shape index (κ3) is 2.92. The van der Waals surface area contributed by atoms with E-state index in [1.54, 1.807) is 0 Å². The first kappa shape index (κ1) is 11.9. The monoisotopic (exact) mass is 202 g/mol. The minimum atomic E-state index is -0.185. The van der Waals surface area contributed by atoms with E-state index in [2.05, 4.69) is 11.8 Å². The van der Waals surface area contributed by atoms with Gasteiger partial charge in [-0.05, 0) is 20.8 Å². The van der Waals surface area contributed by atoms with Crippen molar-refractivity contribution >= 4 is 0 Å². The van der Waals surface area contributed by atoms with Gasteiger partial charge >= 0.3 is 0 Å². The van der Waals surface area contributed by atoms with E-state index >= 15 is 0 Å². The van der Waals surface area contributed by atoms with Crippen molar-refractivity contribution in [1.29, 1.82) is 0 Å². The molecule has 0 saturated carbocycles. The minimum absolute atomic E-state index is 0.0762. The van der Waals surface area contributed by atoms with Crippen LogP contribution in [0.25, 0.3) is 0 Å². The maximum atomic E-state index is 9.11. The maximum absolute atomic E-state index is 9.11. The van der Waals surface area contributed by atoms with Gasteiger partial charge in [-0.25, -0.2) is 0 Å². The first-order valence-corrected chi connectivity index (χ1v) is 5.21. The number of aliphatic hydroxyl groups excluding tert-OH is 1. The molecule has 2 atom stereocenters. The zero-order valence-electron chi connectivity index (χ0n) is 9.36. The second-order valence-electron chi connectivity index (χ2n) is 4.70. The fourth-order valence-electron chi connectivity index (χ4n) is 1.92. The molecule has 1 heterocycles. The molecule has 0 bridgehead atoms. The molecule has 0 aromatic heterocycles. The van der Waals surface area contributed by atoms with Crippen LogP contribution in [-0.2, 0) is 4.74 Å². The quantitative estimate of drug-likeness (QED) is 0.666. The molecule has 0 amide bonds. The first-order valence-electron chi connectivity index (χ1n) is 5.21. The van der Waals surface area contributed by atoms with Crippen LogP contribution >= 0.6 is 0 Å².